The highest BCUT2D eigenvalue weighted by Crippen LogP contribution is 2.18. The van der Waals surface area contributed by atoms with E-state index >= 15 is 0 Å². The monoisotopic (exact) mass is 276 g/mol. The number of aromatic nitrogens is 2. The van der Waals surface area contributed by atoms with Crippen LogP contribution in [0.5, 0.6) is 0 Å². The number of aromatic amines is 1. The number of carbonyl (C=O) groups is 1. The normalized spacial score (nSPS) is 10.2. The van der Waals surface area contributed by atoms with Crippen LogP contribution in [0.4, 0.5) is 5.69 Å². The standard InChI is InChI=1S/C16H12N4O/c17-9-8-11-4-6-13(7-5-11)19-16(21)14-3-1-2-12-10-18-20-15(12)14/h1-7,10H,8H2,(H,18,20)(H,19,21). The molecule has 0 bridgehead atoms. The lowest BCUT2D eigenvalue weighted by atomic mass is 10.1. The summed E-state index contributed by atoms with van der Waals surface area (Å²) in [6.45, 7) is 0. The summed E-state index contributed by atoms with van der Waals surface area (Å²) in [5.41, 5.74) is 2.88. The predicted molar refractivity (Wildman–Crippen MR) is 79.8 cm³/mol. The van der Waals surface area contributed by atoms with E-state index in [1.807, 2.05) is 24.3 Å². The Morgan fingerprint density at radius 2 is 2.05 bits per heavy atom. The van der Waals surface area contributed by atoms with Crippen LogP contribution in [0.3, 0.4) is 0 Å². The van der Waals surface area contributed by atoms with Crippen molar-refractivity contribution in [3.63, 3.8) is 0 Å². The average molecular weight is 276 g/mol. The van der Waals surface area contributed by atoms with Crippen molar-refractivity contribution in [2.45, 2.75) is 6.42 Å². The van der Waals surface area contributed by atoms with Gasteiger partial charge in [-0.2, -0.15) is 10.4 Å². The number of anilines is 1. The first-order valence-corrected chi connectivity index (χ1v) is 6.47. The fourth-order valence-electron chi connectivity index (χ4n) is 2.15. The molecule has 2 aromatic carbocycles. The summed E-state index contributed by atoms with van der Waals surface area (Å²) in [6.07, 6.45) is 2.05. The molecular weight excluding hydrogens is 264 g/mol. The summed E-state index contributed by atoms with van der Waals surface area (Å²) in [5.74, 6) is -0.196. The molecule has 0 radical (unpaired) electrons. The number of rotatable bonds is 3. The molecule has 5 nitrogen and oxygen atoms in total. The summed E-state index contributed by atoms with van der Waals surface area (Å²) in [4.78, 5) is 12.3. The Kier molecular flexibility index (Phi) is 3.36. The van der Waals surface area contributed by atoms with Crippen molar-refractivity contribution in [3.05, 3.63) is 59.8 Å². The third kappa shape index (κ3) is 2.60. The molecule has 0 saturated heterocycles. The van der Waals surface area contributed by atoms with Crippen molar-refractivity contribution in [1.82, 2.24) is 10.2 Å². The fourth-order valence-corrected chi connectivity index (χ4v) is 2.15. The van der Waals surface area contributed by atoms with Crippen molar-refractivity contribution >= 4 is 22.5 Å². The van der Waals surface area contributed by atoms with Crippen LogP contribution in [0, 0.1) is 11.3 Å². The molecule has 0 unspecified atom stereocenters. The van der Waals surface area contributed by atoms with Gasteiger partial charge in [-0.1, -0.05) is 24.3 Å². The molecule has 0 atom stereocenters. The summed E-state index contributed by atoms with van der Waals surface area (Å²) in [7, 11) is 0. The Hall–Kier alpha value is -3.13. The van der Waals surface area contributed by atoms with Gasteiger partial charge in [-0.05, 0) is 23.8 Å². The maximum atomic E-state index is 12.3. The Labute approximate surface area is 121 Å². The lowest BCUT2D eigenvalue weighted by Gasteiger charge is -2.06. The van der Waals surface area contributed by atoms with Gasteiger partial charge in [0.15, 0.2) is 0 Å². The molecule has 0 spiro atoms. The Bertz CT molecular complexity index is 827. The summed E-state index contributed by atoms with van der Waals surface area (Å²) >= 11 is 0. The number of fused-ring (bicyclic) bond motifs is 1. The van der Waals surface area contributed by atoms with Crippen LogP contribution in [0.15, 0.2) is 48.7 Å². The minimum atomic E-state index is -0.196. The van der Waals surface area contributed by atoms with Gasteiger partial charge < -0.3 is 5.32 Å². The molecule has 21 heavy (non-hydrogen) atoms. The Morgan fingerprint density at radius 1 is 1.24 bits per heavy atom. The number of hydrogen-bond acceptors (Lipinski definition) is 3. The van der Waals surface area contributed by atoms with Gasteiger partial charge in [-0.25, -0.2) is 0 Å². The van der Waals surface area contributed by atoms with E-state index in [1.54, 1.807) is 24.4 Å². The second-order valence-electron chi connectivity index (χ2n) is 4.63. The largest absolute Gasteiger partial charge is 0.322 e. The summed E-state index contributed by atoms with van der Waals surface area (Å²) in [5, 5.41) is 19.2. The van der Waals surface area contributed by atoms with Crippen molar-refractivity contribution in [1.29, 1.82) is 5.26 Å². The maximum Gasteiger partial charge on any atom is 0.257 e. The predicted octanol–water partition coefficient (Wildman–Crippen LogP) is 2.88. The van der Waals surface area contributed by atoms with E-state index in [-0.39, 0.29) is 5.91 Å². The first kappa shape index (κ1) is 12.9. The zero-order valence-electron chi connectivity index (χ0n) is 11.1. The number of H-pyrrole nitrogens is 1. The van der Waals surface area contributed by atoms with E-state index in [4.69, 9.17) is 5.26 Å². The van der Waals surface area contributed by atoms with Crippen LogP contribution in [-0.2, 0) is 6.42 Å². The van der Waals surface area contributed by atoms with Gasteiger partial charge in [-0.3, -0.25) is 9.89 Å². The maximum absolute atomic E-state index is 12.3. The molecule has 1 heterocycles. The van der Waals surface area contributed by atoms with Gasteiger partial charge in [0.05, 0.1) is 29.8 Å². The SMILES string of the molecule is N#CCc1ccc(NC(=O)c2cccc3cn[nH]c23)cc1. The van der Waals surface area contributed by atoms with Gasteiger partial charge in [0.2, 0.25) is 0 Å². The molecular formula is C16H12N4O. The quantitative estimate of drug-likeness (QED) is 0.771. The molecule has 102 valence electrons. The third-order valence-corrected chi connectivity index (χ3v) is 3.22. The van der Waals surface area contributed by atoms with Crippen LogP contribution in [0.2, 0.25) is 0 Å². The summed E-state index contributed by atoms with van der Waals surface area (Å²) in [6, 6.07) is 14.8. The van der Waals surface area contributed by atoms with Crippen molar-refractivity contribution in [3.8, 4) is 6.07 Å². The molecule has 0 aliphatic carbocycles. The van der Waals surface area contributed by atoms with Crippen LogP contribution in [0.25, 0.3) is 10.9 Å². The first-order valence-electron chi connectivity index (χ1n) is 6.47. The molecule has 0 aliphatic heterocycles. The molecule has 5 heteroatoms. The third-order valence-electron chi connectivity index (χ3n) is 3.22. The van der Waals surface area contributed by atoms with Crippen molar-refractivity contribution in [2.75, 3.05) is 5.32 Å². The molecule has 0 saturated carbocycles. The number of nitrogens with one attached hydrogen (secondary N) is 2. The second kappa shape index (κ2) is 5.47. The van der Waals surface area contributed by atoms with Gasteiger partial charge in [-0.15, -0.1) is 0 Å². The zero-order chi connectivity index (χ0) is 14.7. The van der Waals surface area contributed by atoms with E-state index in [9.17, 15) is 4.79 Å². The molecule has 0 aliphatic rings. The van der Waals surface area contributed by atoms with Crippen LogP contribution >= 0.6 is 0 Å². The number of nitriles is 1. The molecule has 3 aromatic rings. The van der Waals surface area contributed by atoms with Gasteiger partial charge in [0.25, 0.3) is 5.91 Å². The van der Waals surface area contributed by atoms with E-state index in [0.29, 0.717) is 17.7 Å². The molecule has 0 fully saturated rings. The number of hydrogen-bond donors (Lipinski definition) is 2. The molecule has 1 aromatic heterocycles. The van der Waals surface area contributed by atoms with Gasteiger partial charge in [0.1, 0.15) is 0 Å². The summed E-state index contributed by atoms with van der Waals surface area (Å²) < 4.78 is 0. The van der Waals surface area contributed by atoms with Crippen molar-refractivity contribution < 1.29 is 4.79 Å². The number of nitrogens with zero attached hydrogens (tertiary/aromatic N) is 2. The highest BCUT2D eigenvalue weighted by molar-refractivity contribution is 6.11. The van der Waals surface area contributed by atoms with Gasteiger partial charge in [0, 0.05) is 11.1 Å². The lowest BCUT2D eigenvalue weighted by molar-refractivity contribution is 0.102. The Morgan fingerprint density at radius 3 is 2.81 bits per heavy atom. The van der Waals surface area contributed by atoms with Crippen molar-refractivity contribution in [2.24, 2.45) is 0 Å². The lowest BCUT2D eigenvalue weighted by Crippen LogP contribution is -2.12. The highest BCUT2D eigenvalue weighted by atomic mass is 16.1. The van der Waals surface area contributed by atoms with E-state index in [0.717, 1.165) is 16.5 Å². The fraction of sp³-hybridized carbons (Fsp3) is 0.0625. The molecule has 2 N–H and O–H groups in total. The number of amides is 1. The van der Waals surface area contributed by atoms with E-state index < -0.39 is 0 Å². The van der Waals surface area contributed by atoms with E-state index in [2.05, 4.69) is 21.6 Å². The zero-order valence-corrected chi connectivity index (χ0v) is 11.1. The molecule has 3 rings (SSSR count). The highest BCUT2D eigenvalue weighted by Gasteiger charge is 2.11. The first-order chi connectivity index (χ1) is 10.3. The van der Waals surface area contributed by atoms with Crippen LogP contribution in [0.1, 0.15) is 15.9 Å². The average Bonchev–Trinajstić information content (AvgIpc) is 2.98. The second-order valence-corrected chi connectivity index (χ2v) is 4.63. The van der Waals surface area contributed by atoms with Gasteiger partial charge >= 0.3 is 0 Å². The van der Waals surface area contributed by atoms with Crippen LogP contribution in [-0.4, -0.2) is 16.1 Å². The topological polar surface area (TPSA) is 81.6 Å². The minimum Gasteiger partial charge on any atom is -0.322 e. The number of carbonyl (C=O) groups excluding carboxylic acids is 1. The number of benzene rings is 2. The smallest absolute Gasteiger partial charge is 0.257 e. The van der Waals surface area contributed by atoms with Crippen LogP contribution < -0.4 is 5.32 Å². The van der Waals surface area contributed by atoms with E-state index in [1.165, 1.54) is 0 Å². The number of para-hydroxylation sites is 1. The minimum absolute atomic E-state index is 0.196. The molecule has 1 amide bonds. The Balaban J connectivity index is 1.83.